The van der Waals surface area contributed by atoms with Crippen LogP contribution in [0.4, 0.5) is 4.79 Å². The fourth-order valence-electron chi connectivity index (χ4n) is 2.32. The Bertz CT molecular complexity index is 210. The average Bonchev–Trinajstić information content (AvgIpc) is 2.17. The SMILES string of the molecule is O=C(Cl)N1CCN2CCCCC2C1. The Hall–Kier alpha value is -0.280. The molecule has 2 fully saturated rings. The van der Waals surface area contributed by atoms with Crippen molar-refractivity contribution in [2.45, 2.75) is 25.3 Å². The van der Waals surface area contributed by atoms with Crippen molar-refractivity contribution in [1.82, 2.24) is 9.80 Å². The molecule has 0 aromatic heterocycles. The number of carbonyl (C=O) groups is 1. The normalized spacial score (nSPS) is 29.9. The zero-order valence-electron chi connectivity index (χ0n) is 7.71. The van der Waals surface area contributed by atoms with Gasteiger partial charge in [0.15, 0.2) is 0 Å². The van der Waals surface area contributed by atoms with Crippen LogP contribution in [0.25, 0.3) is 0 Å². The van der Waals surface area contributed by atoms with E-state index < -0.39 is 0 Å². The third kappa shape index (κ3) is 1.97. The molecule has 0 radical (unpaired) electrons. The van der Waals surface area contributed by atoms with E-state index in [-0.39, 0.29) is 5.37 Å². The van der Waals surface area contributed by atoms with E-state index in [2.05, 4.69) is 4.90 Å². The molecule has 2 heterocycles. The minimum absolute atomic E-state index is 0.287. The summed E-state index contributed by atoms with van der Waals surface area (Å²) in [6.07, 6.45) is 3.83. The molecule has 2 saturated heterocycles. The second kappa shape index (κ2) is 3.84. The van der Waals surface area contributed by atoms with Gasteiger partial charge in [0, 0.05) is 25.7 Å². The molecule has 0 saturated carbocycles. The van der Waals surface area contributed by atoms with Crippen LogP contribution in [0.2, 0.25) is 0 Å². The minimum atomic E-state index is -0.287. The van der Waals surface area contributed by atoms with Crippen LogP contribution >= 0.6 is 11.6 Å². The van der Waals surface area contributed by atoms with Crippen LogP contribution in [0.1, 0.15) is 19.3 Å². The summed E-state index contributed by atoms with van der Waals surface area (Å²) in [6, 6.07) is 0.574. The van der Waals surface area contributed by atoms with E-state index in [0.717, 1.165) is 19.6 Å². The van der Waals surface area contributed by atoms with Gasteiger partial charge in [0.2, 0.25) is 0 Å². The maximum absolute atomic E-state index is 10.9. The van der Waals surface area contributed by atoms with E-state index >= 15 is 0 Å². The molecule has 2 aliphatic rings. The molecule has 1 atom stereocenters. The Balaban J connectivity index is 1.95. The monoisotopic (exact) mass is 202 g/mol. The van der Waals surface area contributed by atoms with Crippen molar-refractivity contribution in [3.63, 3.8) is 0 Å². The number of rotatable bonds is 0. The van der Waals surface area contributed by atoms with Gasteiger partial charge in [-0.15, -0.1) is 0 Å². The van der Waals surface area contributed by atoms with E-state index in [0.29, 0.717) is 6.04 Å². The average molecular weight is 203 g/mol. The fourth-order valence-corrected chi connectivity index (χ4v) is 2.47. The van der Waals surface area contributed by atoms with Crippen molar-refractivity contribution in [1.29, 1.82) is 0 Å². The van der Waals surface area contributed by atoms with Crippen LogP contribution in [0.3, 0.4) is 0 Å². The highest BCUT2D eigenvalue weighted by molar-refractivity contribution is 6.62. The Morgan fingerprint density at radius 3 is 2.85 bits per heavy atom. The summed E-state index contributed by atoms with van der Waals surface area (Å²) in [7, 11) is 0. The predicted octanol–water partition coefficient (Wildman–Crippen LogP) is 1.52. The molecule has 0 N–H and O–H groups in total. The molecular formula is C9H15ClN2O. The lowest BCUT2D eigenvalue weighted by atomic mass is 10.00. The molecule has 2 aliphatic heterocycles. The quantitative estimate of drug-likeness (QED) is 0.439. The molecule has 3 nitrogen and oxygen atoms in total. The second-order valence-electron chi connectivity index (χ2n) is 3.88. The molecule has 0 bridgehead atoms. The van der Waals surface area contributed by atoms with Crippen molar-refractivity contribution in [2.75, 3.05) is 26.2 Å². The van der Waals surface area contributed by atoms with E-state index in [4.69, 9.17) is 11.6 Å². The number of halogens is 1. The Morgan fingerprint density at radius 2 is 2.08 bits per heavy atom. The van der Waals surface area contributed by atoms with E-state index in [9.17, 15) is 4.79 Å². The van der Waals surface area contributed by atoms with E-state index in [1.54, 1.807) is 4.90 Å². The van der Waals surface area contributed by atoms with Crippen LogP contribution in [0.15, 0.2) is 0 Å². The van der Waals surface area contributed by atoms with Gasteiger partial charge in [-0.3, -0.25) is 9.69 Å². The zero-order valence-corrected chi connectivity index (χ0v) is 8.46. The molecule has 13 heavy (non-hydrogen) atoms. The van der Waals surface area contributed by atoms with Gasteiger partial charge >= 0.3 is 5.37 Å². The minimum Gasteiger partial charge on any atom is -0.326 e. The first kappa shape index (κ1) is 9.28. The number of amides is 1. The third-order valence-electron chi connectivity index (χ3n) is 3.09. The maximum Gasteiger partial charge on any atom is 0.316 e. The Kier molecular flexibility index (Phi) is 2.74. The fraction of sp³-hybridized carbons (Fsp3) is 0.889. The number of hydrogen-bond donors (Lipinski definition) is 0. The molecule has 0 aliphatic carbocycles. The Labute approximate surface area is 83.6 Å². The summed E-state index contributed by atoms with van der Waals surface area (Å²) in [5, 5.41) is -0.287. The lowest BCUT2D eigenvalue weighted by molar-refractivity contribution is 0.0704. The molecule has 1 amide bonds. The predicted molar refractivity (Wildman–Crippen MR) is 52.0 cm³/mol. The summed E-state index contributed by atoms with van der Waals surface area (Å²) in [6.45, 7) is 3.85. The largest absolute Gasteiger partial charge is 0.326 e. The number of piperazine rings is 1. The number of carbonyl (C=O) groups excluding carboxylic acids is 1. The van der Waals surface area contributed by atoms with Crippen molar-refractivity contribution < 1.29 is 4.79 Å². The van der Waals surface area contributed by atoms with E-state index in [1.165, 1.54) is 25.8 Å². The molecule has 4 heteroatoms. The van der Waals surface area contributed by atoms with Crippen LogP contribution < -0.4 is 0 Å². The van der Waals surface area contributed by atoms with Crippen molar-refractivity contribution in [3.8, 4) is 0 Å². The summed E-state index contributed by atoms with van der Waals surface area (Å²) < 4.78 is 0. The van der Waals surface area contributed by atoms with Gasteiger partial charge in [0.25, 0.3) is 0 Å². The second-order valence-corrected chi connectivity index (χ2v) is 4.21. The van der Waals surface area contributed by atoms with Gasteiger partial charge < -0.3 is 4.90 Å². The van der Waals surface area contributed by atoms with Gasteiger partial charge in [0.05, 0.1) is 0 Å². The first-order valence-electron chi connectivity index (χ1n) is 4.96. The lowest BCUT2D eigenvalue weighted by Gasteiger charge is -2.43. The summed E-state index contributed by atoms with van der Waals surface area (Å²) in [5.41, 5.74) is 0. The molecule has 74 valence electrons. The van der Waals surface area contributed by atoms with Crippen LogP contribution in [0, 0.1) is 0 Å². The standard InChI is InChI=1S/C9H15ClN2O/c10-9(13)12-6-5-11-4-2-1-3-8(11)7-12/h8H,1-7H2. The Morgan fingerprint density at radius 1 is 1.23 bits per heavy atom. The first-order valence-corrected chi connectivity index (χ1v) is 5.33. The smallest absolute Gasteiger partial charge is 0.316 e. The molecule has 0 spiro atoms. The number of nitrogens with zero attached hydrogens (tertiary/aromatic N) is 2. The topological polar surface area (TPSA) is 23.6 Å². The van der Waals surface area contributed by atoms with Gasteiger partial charge in [-0.1, -0.05) is 6.42 Å². The van der Waals surface area contributed by atoms with Crippen molar-refractivity contribution >= 4 is 17.0 Å². The third-order valence-corrected chi connectivity index (χ3v) is 3.33. The molecule has 0 aromatic rings. The number of hydrogen-bond acceptors (Lipinski definition) is 2. The highest BCUT2D eigenvalue weighted by atomic mass is 35.5. The molecule has 0 aromatic carbocycles. The van der Waals surface area contributed by atoms with Crippen LogP contribution in [0.5, 0.6) is 0 Å². The molecule has 2 rings (SSSR count). The van der Waals surface area contributed by atoms with E-state index in [1.807, 2.05) is 0 Å². The first-order chi connectivity index (χ1) is 6.27. The van der Waals surface area contributed by atoms with Crippen LogP contribution in [-0.2, 0) is 0 Å². The molecule has 1 unspecified atom stereocenters. The highest BCUT2D eigenvalue weighted by Gasteiger charge is 2.30. The maximum atomic E-state index is 10.9. The van der Waals surface area contributed by atoms with Gasteiger partial charge in [-0.05, 0) is 31.0 Å². The number of fused-ring (bicyclic) bond motifs is 1. The summed E-state index contributed by atoms with van der Waals surface area (Å²) >= 11 is 5.46. The van der Waals surface area contributed by atoms with Gasteiger partial charge in [-0.25, -0.2) is 0 Å². The lowest BCUT2D eigenvalue weighted by Crippen LogP contribution is -2.55. The van der Waals surface area contributed by atoms with Crippen LogP contribution in [-0.4, -0.2) is 47.4 Å². The molecular weight excluding hydrogens is 188 g/mol. The highest BCUT2D eigenvalue weighted by Crippen LogP contribution is 2.21. The van der Waals surface area contributed by atoms with Gasteiger partial charge in [0.1, 0.15) is 0 Å². The number of piperidine rings is 1. The van der Waals surface area contributed by atoms with Gasteiger partial charge in [-0.2, -0.15) is 0 Å². The summed E-state index contributed by atoms with van der Waals surface area (Å²) in [5.74, 6) is 0. The van der Waals surface area contributed by atoms with Crippen molar-refractivity contribution in [3.05, 3.63) is 0 Å². The zero-order chi connectivity index (χ0) is 9.26. The summed E-state index contributed by atoms with van der Waals surface area (Å²) in [4.78, 5) is 15.2. The van der Waals surface area contributed by atoms with Crippen molar-refractivity contribution in [2.24, 2.45) is 0 Å².